The van der Waals surface area contributed by atoms with Crippen molar-refractivity contribution < 1.29 is 9.53 Å². The van der Waals surface area contributed by atoms with Gasteiger partial charge < -0.3 is 9.30 Å². The smallest absolute Gasteiger partial charge is 0.275 e. The van der Waals surface area contributed by atoms with Crippen molar-refractivity contribution in [2.24, 2.45) is 5.10 Å². The van der Waals surface area contributed by atoms with Crippen LogP contribution < -0.4 is 0 Å². The van der Waals surface area contributed by atoms with Gasteiger partial charge in [-0.05, 0) is 19.1 Å². The van der Waals surface area contributed by atoms with E-state index in [-0.39, 0.29) is 5.91 Å². The molecule has 0 radical (unpaired) electrons. The molecule has 0 N–H and O–H groups in total. The number of fused-ring (bicyclic) bond motifs is 1. The fourth-order valence-corrected chi connectivity index (χ4v) is 2.91. The van der Waals surface area contributed by atoms with E-state index in [4.69, 9.17) is 4.74 Å². The average Bonchev–Trinajstić information content (AvgIpc) is 3.21. The van der Waals surface area contributed by atoms with Crippen LogP contribution in [0.2, 0.25) is 0 Å². The molecule has 1 amide bonds. The molecule has 5 nitrogen and oxygen atoms in total. The number of rotatable bonds is 3. The highest BCUT2D eigenvalue weighted by Crippen LogP contribution is 2.27. The minimum atomic E-state index is -0.0557. The molecule has 2 aliphatic rings. The Balaban J connectivity index is 1.82. The lowest BCUT2D eigenvalue weighted by Gasteiger charge is -2.01. The topological polar surface area (TPSA) is 50.1 Å². The zero-order valence-corrected chi connectivity index (χ0v) is 12.6. The highest BCUT2D eigenvalue weighted by molar-refractivity contribution is 6.27. The fraction of sp³-hybridized carbons (Fsp3) is 0.294. The van der Waals surface area contributed by atoms with Crippen molar-refractivity contribution >= 4 is 28.6 Å². The number of hydrogen-bond donors (Lipinski definition) is 0. The van der Waals surface area contributed by atoms with E-state index in [1.807, 2.05) is 25.1 Å². The van der Waals surface area contributed by atoms with Crippen molar-refractivity contribution in [1.29, 1.82) is 0 Å². The van der Waals surface area contributed by atoms with Crippen molar-refractivity contribution in [2.75, 3.05) is 13.7 Å². The summed E-state index contributed by atoms with van der Waals surface area (Å²) >= 11 is 0. The molecule has 4 rings (SSSR count). The van der Waals surface area contributed by atoms with Gasteiger partial charge >= 0.3 is 0 Å². The molecule has 1 atom stereocenters. The first-order valence-corrected chi connectivity index (χ1v) is 7.38. The summed E-state index contributed by atoms with van der Waals surface area (Å²) in [7, 11) is 1.68. The van der Waals surface area contributed by atoms with E-state index in [0.29, 0.717) is 11.7 Å². The van der Waals surface area contributed by atoms with Crippen LogP contribution in [0.3, 0.4) is 0 Å². The summed E-state index contributed by atoms with van der Waals surface area (Å²) in [5.41, 5.74) is 3.63. The number of epoxide rings is 1. The van der Waals surface area contributed by atoms with Crippen molar-refractivity contribution in [2.45, 2.75) is 19.6 Å². The molecule has 1 saturated heterocycles. The predicted octanol–water partition coefficient (Wildman–Crippen LogP) is 2.27. The van der Waals surface area contributed by atoms with Crippen molar-refractivity contribution in [3.05, 3.63) is 41.6 Å². The van der Waals surface area contributed by atoms with Crippen molar-refractivity contribution in [1.82, 2.24) is 9.58 Å². The Hall–Kier alpha value is -2.40. The van der Waals surface area contributed by atoms with Crippen molar-refractivity contribution in [3.63, 3.8) is 0 Å². The molecule has 5 heteroatoms. The van der Waals surface area contributed by atoms with Gasteiger partial charge in [0.05, 0.1) is 30.5 Å². The van der Waals surface area contributed by atoms with Gasteiger partial charge in [-0.1, -0.05) is 18.2 Å². The molecule has 2 aliphatic heterocycles. The summed E-state index contributed by atoms with van der Waals surface area (Å²) in [5.74, 6) is -0.0557. The van der Waals surface area contributed by atoms with E-state index in [0.717, 1.165) is 29.8 Å². The van der Waals surface area contributed by atoms with E-state index < -0.39 is 0 Å². The highest BCUT2D eigenvalue weighted by atomic mass is 16.6. The Morgan fingerprint density at radius 2 is 2.18 bits per heavy atom. The summed E-state index contributed by atoms with van der Waals surface area (Å²) in [6.45, 7) is 3.55. The normalized spacial score (nSPS) is 22.7. The van der Waals surface area contributed by atoms with Gasteiger partial charge in [0.25, 0.3) is 5.91 Å². The number of amides is 1. The fourth-order valence-electron chi connectivity index (χ4n) is 2.91. The van der Waals surface area contributed by atoms with Gasteiger partial charge in [-0.2, -0.15) is 5.10 Å². The Morgan fingerprint density at radius 3 is 2.86 bits per heavy atom. The largest absolute Gasteiger partial charge is 0.371 e. The third-order valence-electron chi connectivity index (χ3n) is 4.14. The molecule has 3 heterocycles. The number of para-hydroxylation sites is 1. The second kappa shape index (κ2) is 4.81. The lowest BCUT2D eigenvalue weighted by molar-refractivity contribution is -0.124. The molecular formula is C17H17N3O2. The van der Waals surface area contributed by atoms with E-state index >= 15 is 0 Å². The van der Waals surface area contributed by atoms with Crippen LogP contribution in [0.1, 0.15) is 12.5 Å². The number of likely N-dealkylation sites (N-methyl/N-ethyl adjacent to an activating group) is 1. The van der Waals surface area contributed by atoms with Gasteiger partial charge in [-0.3, -0.25) is 4.79 Å². The third-order valence-corrected chi connectivity index (χ3v) is 4.14. The maximum Gasteiger partial charge on any atom is 0.275 e. The summed E-state index contributed by atoms with van der Waals surface area (Å²) in [6, 6.07) is 8.24. The number of benzene rings is 1. The molecule has 1 fully saturated rings. The maximum absolute atomic E-state index is 12.2. The molecular weight excluding hydrogens is 278 g/mol. The van der Waals surface area contributed by atoms with E-state index in [9.17, 15) is 4.79 Å². The van der Waals surface area contributed by atoms with Crippen LogP contribution in [0, 0.1) is 0 Å². The summed E-state index contributed by atoms with van der Waals surface area (Å²) in [4.78, 5) is 12.2. The number of hydrazone groups is 1. The Labute approximate surface area is 128 Å². The number of ether oxygens (including phenoxy) is 1. The van der Waals surface area contributed by atoms with Crippen LogP contribution in [-0.4, -0.2) is 41.0 Å². The SMILES string of the molecule is CC1=NN(C)C(=O)/C1=C/c1cn(CC2CO2)c2ccccc12. The Bertz CT molecular complexity index is 828. The third kappa shape index (κ3) is 2.14. The molecule has 1 aromatic carbocycles. The summed E-state index contributed by atoms with van der Waals surface area (Å²) < 4.78 is 7.54. The first-order valence-electron chi connectivity index (χ1n) is 7.38. The first-order chi connectivity index (χ1) is 10.6. The van der Waals surface area contributed by atoms with Crippen LogP contribution in [0.4, 0.5) is 0 Å². The number of hydrogen-bond acceptors (Lipinski definition) is 3. The highest BCUT2D eigenvalue weighted by Gasteiger charge is 2.26. The van der Waals surface area contributed by atoms with Crippen LogP contribution in [0.5, 0.6) is 0 Å². The van der Waals surface area contributed by atoms with Gasteiger partial charge in [0.2, 0.25) is 0 Å². The molecule has 112 valence electrons. The van der Waals surface area contributed by atoms with E-state index in [1.54, 1.807) is 7.05 Å². The molecule has 0 saturated carbocycles. The molecule has 0 spiro atoms. The number of nitrogens with zero attached hydrogens (tertiary/aromatic N) is 3. The monoisotopic (exact) mass is 295 g/mol. The lowest BCUT2D eigenvalue weighted by atomic mass is 10.1. The Kier molecular flexibility index (Phi) is 2.90. The second-order valence-corrected chi connectivity index (χ2v) is 5.78. The van der Waals surface area contributed by atoms with Gasteiger partial charge in [0.1, 0.15) is 0 Å². The van der Waals surface area contributed by atoms with Crippen LogP contribution in [0.15, 0.2) is 41.1 Å². The van der Waals surface area contributed by atoms with Gasteiger partial charge in [0, 0.05) is 29.7 Å². The molecule has 22 heavy (non-hydrogen) atoms. The zero-order chi connectivity index (χ0) is 15.3. The summed E-state index contributed by atoms with van der Waals surface area (Å²) in [5, 5.41) is 6.73. The quantitative estimate of drug-likeness (QED) is 0.644. The number of carbonyl (C=O) groups excluding carboxylic acids is 1. The minimum absolute atomic E-state index is 0.0557. The molecule has 0 bridgehead atoms. The van der Waals surface area contributed by atoms with Gasteiger partial charge in [-0.25, -0.2) is 5.01 Å². The standard InChI is InChI=1S/C17H17N3O2/c1-11-15(17(21)19(2)18-11)7-12-8-20(9-13-10-22-13)16-6-4-3-5-14(12)16/h3-8,13H,9-10H2,1-2H3/b15-7+. The number of carbonyl (C=O) groups is 1. The lowest BCUT2D eigenvalue weighted by Crippen LogP contribution is -2.16. The van der Waals surface area contributed by atoms with E-state index in [2.05, 4.69) is 28.0 Å². The van der Waals surface area contributed by atoms with Gasteiger partial charge in [0.15, 0.2) is 0 Å². The number of aromatic nitrogens is 1. The maximum atomic E-state index is 12.2. The molecule has 1 unspecified atom stereocenters. The van der Waals surface area contributed by atoms with Crippen LogP contribution in [-0.2, 0) is 16.1 Å². The van der Waals surface area contributed by atoms with Gasteiger partial charge in [-0.15, -0.1) is 0 Å². The van der Waals surface area contributed by atoms with Crippen LogP contribution in [0.25, 0.3) is 17.0 Å². The molecule has 2 aromatic rings. The predicted molar refractivity (Wildman–Crippen MR) is 85.5 cm³/mol. The van der Waals surface area contributed by atoms with E-state index in [1.165, 1.54) is 10.5 Å². The zero-order valence-electron chi connectivity index (χ0n) is 12.6. The molecule has 1 aromatic heterocycles. The summed E-state index contributed by atoms with van der Waals surface area (Å²) in [6.07, 6.45) is 4.36. The minimum Gasteiger partial charge on any atom is -0.371 e. The average molecular weight is 295 g/mol. The Morgan fingerprint density at radius 1 is 1.41 bits per heavy atom. The second-order valence-electron chi connectivity index (χ2n) is 5.78. The van der Waals surface area contributed by atoms with Crippen molar-refractivity contribution in [3.8, 4) is 0 Å². The first kappa shape index (κ1) is 13.3. The molecule has 0 aliphatic carbocycles. The van der Waals surface area contributed by atoms with Crippen LogP contribution >= 0.6 is 0 Å².